The van der Waals surface area contributed by atoms with Crippen LogP contribution in [0.25, 0.3) is 0 Å². The summed E-state index contributed by atoms with van der Waals surface area (Å²) in [7, 11) is 0. The molecule has 2 aliphatic heterocycles. The molecule has 7 heteroatoms. The molecule has 2 atom stereocenters. The lowest BCUT2D eigenvalue weighted by atomic mass is 10.4. The maximum atomic E-state index is 10.9. The second-order valence-corrected chi connectivity index (χ2v) is 2.76. The number of hydrogen-bond donors (Lipinski definition) is 0. The summed E-state index contributed by atoms with van der Waals surface area (Å²) in [6.07, 6.45) is -1.61. The van der Waals surface area contributed by atoms with E-state index in [1.165, 1.54) is 13.8 Å². The Morgan fingerprint density at radius 1 is 1.00 bits per heavy atom. The fourth-order valence-electron chi connectivity index (χ4n) is 0.972. The zero-order valence-corrected chi connectivity index (χ0v) is 7.05. The maximum absolute atomic E-state index is 10.9. The summed E-state index contributed by atoms with van der Waals surface area (Å²) in [5, 5.41) is -1.25. The second kappa shape index (κ2) is 2.41. The van der Waals surface area contributed by atoms with Gasteiger partial charge in [0, 0.05) is 0 Å². The predicted octanol–water partition coefficient (Wildman–Crippen LogP) is -0.613. The zero-order valence-electron chi connectivity index (χ0n) is 7.05. The third kappa shape index (κ3) is 1.17. The van der Waals surface area contributed by atoms with E-state index in [9.17, 15) is 9.59 Å². The van der Waals surface area contributed by atoms with Crippen LogP contribution >= 0.6 is 0 Å². The van der Waals surface area contributed by atoms with E-state index in [-0.39, 0.29) is 0 Å². The molecule has 0 aromatic carbocycles. The van der Waals surface area contributed by atoms with Crippen molar-refractivity contribution in [3.63, 3.8) is 0 Å². The lowest BCUT2D eigenvalue weighted by Gasteiger charge is -2.09. The third-order valence-electron chi connectivity index (χ3n) is 1.64. The molecule has 2 unspecified atom stereocenters. The van der Waals surface area contributed by atoms with Crippen molar-refractivity contribution in [2.45, 2.75) is 26.1 Å². The summed E-state index contributed by atoms with van der Waals surface area (Å²) < 4.78 is 0. The Hall–Kier alpha value is -1.18. The molecule has 1 spiro atoms. The molecule has 0 radical (unpaired) electrons. The van der Waals surface area contributed by atoms with Crippen LogP contribution < -0.4 is 0 Å². The van der Waals surface area contributed by atoms with E-state index in [1.54, 1.807) is 0 Å². The van der Waals surface area contributed by atoms with Crippen molar-refractivity contribution < 1.29 is 34.1 Å². The number of quaternary nitrogens is 1. The highest BCUT2D eigenvalue weighted by Crippen LogP contribution is 2.30. The van der Waals surface area contributed by atoms with Crippen molar-refractivity contribution in [2.24, 2.45) is 0 Å². The van der Waals surface area contributed by atoms with Gasteiger partial charge in [-0.2, -0.15) is 9.68 Å². The van der Waals surface area contributed by atoms with Gasteiger partial charge in [0.05, 0.1) is 0 Å². The molecule has 0 aromatic rings. The number of carbonyl (C=O) groups excluding carboxylic acids is 2. The van der Waals surface area contributed by atoms with Gasteiger partial charge in [0.15, 0.2) is 0 Å². The summed E-state index contributed by atoms with van der Waals surface area (Å²) in [5.41, 5.74) is 0. The minimum absolute atomic E-state index is 0.637. The van der Waals surface area contributed by atoms with E-state index in [1.807, 2.05) is 0 Å². The largest absolute Gasteiger partial charge is 0.416 e. The maximum Gasteiger partial charge on any atom is 0.416 e. The Kier molecular flexibility index (Phi) is 1.56. The predicted molar refractivity (Wildman–Crippen MR) is 33.5 cm³/mol. The average molecular weight is 190 g/mol. The highest BCUT2D eigenvalue weighted by molar-refractivity contribution is 5.75. The molecule has 0 saturated carbocycles. The summed E-state index contributed by atoms with van der Waals surface area (Å²) in [4.78, 5) is 40.7. The standard InChI is InChI=1S/C6H8NO6/c1-3-5(8)12-7(10-3)11-4(2)6(9)13-7/h3-4H,1-2H3/q+1. The molecule has 0 aromatic heterocycles. The first-order valence-electron chi connectivity index (χ1n) is 3.75. The Morgan fingerprint density at radius 2 is 1.38 bits per heavy atom. The normalized spacial score (nSPS) is 43.8. The molecule has 2 heterocycles. The quantitative estimate of drug-likeness (QED) is 0.474. The van der Waals surface area contributed by atoms with Crippen molar-refractivity contribution in [1.82, 2.24) is 0 Å². The molecule has 0 aliphatic carbocycles. The van der Waals surface area contributed by atoms with Crippen LogP contribution in [0.4, 0.5) is 0 Å². The van der Waals surface area contributed by atoms with Crippen molar-refractivity contribution >= 4 is 11.9 Å². The van der Waals surface area contributed by atoms with Crippen LogP contribution in [0.15, 0.2) is 0 Å². The second-order valence-electron chi connectivity index (χ2n) is 2.76. The first-order valence-corrected chi connectivity index (χ1v) is 3.75. The van der Waals surface area contributed by atoms with Crippen LogP contribution in [0.3, 0.4) is 0 Å². The molecule has 2 fully saturated rings. The third-order valence-corrected chi connectivity index (χ3v) is 1.64. The van der Waals surface area contributed by atoms with Gasteiger partial charge in [-0.25, -0.2) is 9.59 Å². The number of carbonyl (C=O) groups is 2. The lowest BCUT2D eigenvalue weighted by Crippen LogP contribution is -2.38. The van der Waals surface area contributed by atoms with Crippen molar-refractivity contribution in [3.8, 4) is 0 Å². The van der Waals surface area contributed by atoms with Gasteiger partial charge in [0.2, 0.25) is 12.2 Å². The molecule has 0 bridgehead atoms. The molecule has 2 saturated heterocycles. The van der Waals surface area contributed by atoms with E-state index in [0.29, 0.717) is 0 Å². The first kappa shape index (κ1) is 8.42. The summed E-state index contributed by atoms with van der Waals surface area (Å²) in [6, 6.07) is 0. The lowest BCUT2D eigenvalue weighted by molar-refractivity contribution is -1.44. The topological polar surface area (TPSA) is 71.1 Å². The van der Waals surface area contributed by atoms with Crippen LogP contribution in [-0.2, 0) is 28.9 Å². The summed E-state index contributed by atoms with van der Waals surface area (Å²) in [6.45, 7) is 2.94. The number of hydrogen-bond acceptors (Lipinski definition) is 6. The highest BCUT2D eigenvalue weighted by atomic mass is 17.4. The van der Waals surface area contributed by atoms with Crippen LogP contribution in [0.5, 0.6) is 0 Å². The van der Waals surface area contributed by atoms with Crippen molar-refractivity contribution in [2.75, 3.05) is 0 Å². The van der Waals surface area contributed by atoms with E-state index in [4.69, 9.17) is 9.68 Å². The highest BCUT2D eigenvalue weighted by Gasteiger charge is 2.63. The Balaban J connectivity index is 2.17. The van der Waals surface area contributed by atoms with E-state index in [2.05, 4.69) is 9.68 Å². The van der Waals surface area contributed by atoms with Crippen LogP contribution in [0, 0.1) is 0 Å². The van der Waals surface area contributed by atoms with Gasteiger partial charge < -0.3 is 0 Å². The fourth-order valence-corrected chi connectivity index (χ4v) is 0.972. The van der Waals surface area contributed by atoms with Crippen LogP contribution in [0.2, 0.25) is 0 Å². The number of rotatable bonds is 0. The van der Waals surface area contributed by atoms with Crippen molar-refractivity contribution in [1.29, 1.82) is 0 Å². The SMILES string of the molecule is CC1O[N+]2(OC1=O)OC(=O)C(C)O2. The van der Waals surface area contributed by atoms with Crippen molar-refractivity contribution in [3.05, 3.63) is 0 Å². The smallest absolute Gasteiger partial charge is 0.241 e. The molecule has 2 aliphatic rings. The first-order chi connectivity index (χ1) is 6.02. The van der Waals surface area contributed by atoms with Gasteiger partial charge in [-0.05, 0) is 13.8 Å². The van der Waals surface area contributed by atoms with Gasteiger partial charge in [0.1, 0.15) is 0 Å². The molecular weight excluding hydrogens is 182 g/mol. The minimum atomic E-state index is -1.25. The Labute approximate surface area is 73.1 Å². The molecular formula is C6H8NO6+. The summed E-state index contributed by atoms with van der Waals surface area (Å²) >= 11 is 0. The molecule has 7 nitrogen and oxygen atoms in total. The minimum Gasteiger partial charge on any atom is -0.241 e. The van der Waals surface area contributed by atoms with Gasteiger partial charge >= 0.3 is 17.1 Å². The van der Waals surface area contributed by atoms with E-state index in [0.717, 1.165) is 0 Å². The fraction of sp³-hybridized carbons (Fsp3) is 0.667. The summed E-state index contributed by atoms with van der Waals surface area (Å²) in [5.74, 6) is -1.27. The Bertz CT molecular complexity index is 248. The molecule has 0 N–H and O–H groups in total. The van der Waals surface area contributed by atoms with Gasteiger partial charge in [0.25, 0.3) is 0 Å². The molecule has 0 amide bonds. The molecule has 2 rings (SSSR count). The van der Waals surface area contributed by atoms with Gasteiger partial charge in [-0.3, -0.25) is 0 Å². The van der Waals surface area contributed by atoms with Gasteiger partial charge in [-0.1, -0.05) is 9.68 Å². The monoisotopic (exact) mass is 190 g/mol. The molecule has 13 heavy (non-hydrogen) atoms. The van der Waals surface area contributed by atoms with Crippen LogP contribution in [-0.4, -0.2) is 29.3 Å². The van der Waals surface area contributed by atoms with E-state index >= 15 is 0 Å². The van der Waals surface area contributed by atoms with E-state index < -0.39 is 29.3 Å². The van der Waals surface area contributed by atoms with Crippen LogP contribution in [0.1, 0.15) is 13.8 Å². The van der Waals surface area contributed by atoms with Gasteiger partial charge in [-0.15, -0.1) is 0 Å². The average Bonchev–Trinajstić information content (AvgIpc) is 2.39. The zero-order chi connectivity index (χ0) is 9.64. The number of nitrogens with zero attached hydrogens (tertiary/aromatic N) is 1. The molecule has 72 valence electrons. The Morgan fingerprint density at radius 3 is 1.62 bits per heavy atom.